The van der Waals surface area contributed by atoms with Gasteiger partial charge in [-0.3, -0.25) is 4.79 Å². The van der Waals surface area contributed by atoms with Crippen LogP contribution in [0.1, 0.15) is 45.2 Å². The van der Waals surface area contributed by atoms with Gasteiger partial charge in [0.2, 0.25) is 0 Å². The van der Waals surface area contributed by atoms with Gasteiger partial charge in [0.25, 0.3) is 0 Å². The van der Waals surface area contributed by atoms with Crippen LogP contribution < -0.4 is 14.8 Å². The SMILES string of the molecule is COc1c(O)ccc2c1-c1ccc3c(c1/C(=C/C1C=CC(F)=CC(C(C)=O)C1)O2)C(C)=CC(C)(C)N3. The highest BCUT2D eigenvalue weighted by Gasteiger charge is 2.34. The summed E-state index contributed by atoms with van der Waals surface area (Å²) in [5, 5.41) is 14.1. The lowest BCUT2D eigenvalue weighted by atomic mass is 9.82. The molecular formula is C30H30FNO4. The van der Waals surface area contributed by atoms with Gasteiger partial charge < -0.3 is 19.9 Å². The summed E-state index contributed by atoms with van der Waals surface area (Å²) < 4.78 is 26.3. The van der Waals surface area contributed by atoms with E-state index < -0.39 is 11.7 Å². The van der Waals surface area contributed by atoms with E-state index in [1.54, 1.807) is 18.2 Å². The minimum absolute atomic E-state index is 0.0278. The number of phenols is 1. The number of benzene rings is 2. The molecule has 3 aliphatic rings. The van der Waals surface area contributed by atoms with Crippen LogP contribution in [0.4, 0.5) is 10.1 Å². The first kappa shape index (κ1) is 23.9. The maximum atomic E-state index is 14.2. The molecule has 2 atom stereocenters. The van der Waals surface area contributed by atoms with Gasteiger partial charge in [-0.15, -0.1) is 0 Å². The number of ketones is 1. The number of hydrogen-bond donors (Lipinski definition) is 2. The Hall–Kier alpha value is -3.80. The zero-order chi connectivity index (χ0) is 25.8. The summed E-state index contributed by atoms with van der Waals surface area (Å²) in [5.41, 5.74) is 5.25. The van der Waals surface area contributed by atoms with Gasteiger partial charge in [0.15, 0.2) is 11.5 Å². The third-order valence-corrected chi connectivity index (χ3v) is 6.95. The predicted molar refractivity (Wildman–Crippen MR) is 141 cm³/mol. The van der Waals surface area contributed by atoms with Gasteiger partial charge in [-0.1, -0.05) is 18.2 Å². The van der Waals surface area contributed by atoms with Gasteiger partial charge in [0, 0.05) is 34.2 Å². The molecule has 5 nitrogen and oxygen atoms in total. The van der Waals surface area contributed by atoms with Crippen molar-refractivity contribution in [2.24, 2.45) is 11.8 Å². The molecule has 2 unspecified atom stereocenters. The van der Waals surface area contributed by atoms with Crippen LogP contribution in [0.3, 0.4) is 0 Å². The third kappa shape index (κ3) is 4.11. The number of anilines is 1. The van der Waals surface area contributed by atoms with E-state index in [0.29, 0.717) is 29.2 Å². The summed E-state index contributed by atoms with van der Waals surface area (Å²) >= 11 is 0. The molecule has 0 bridgehead atoms. The molecule has 2 aliphatic heterocycles. The minimum atomic E-state index is -0.511. The number of phenolic OH excluding ortho intramolecular Hbond substituents is 1. The Labute approximate surface area is 210 Å². The highest BCUT2D eigenvalue weighted by Crippen LogP contribution is 2.54. The van der Waals surface area contributed by atoms with Crippen LogP contribution in [0.2, 0.25) is 0 Å². The van der Waals surface area contributed by atoms with E-state index in [-0.39, 0.29) is 23.0 Å². The third-order valence-electron chi connectivity index (χ3n) is 6.95. The van der Waals surface area contributed by atoms with E-state index in [0.717, 1.165) is 28.0 Å². The number of allylic oxidation sites excluding steroid dienone is 6. The number of fused-ring (bicyclic) bond motifs is 5. The average molecular weight is 488 g/mol. The van der Waals surface area contributed by atoms with Gasteiger partial charge in [0.05, 0.1) is 18.2 Å². The summed E-state index contributed by atoms with van der Waals surface area (Å²) in [6.07, 6.45) is 9.17. The molecule has 0 saturated carbocycles. The van der Waals surface area contributed by atoms with Crippen LogP contribution in [0.5, 0.6) is 17.2 Å². The number of carbonyl (C=O) groups is 1. The Morgan fingerprint density at radius 2 is 2.00 bits per heavy atom. The van der Waals surface area contributed by atoms with Crippen molar-refractivity contribution in [3.63, 3.8) is 0 Å². The molecule has 2 heterocycles. The van der Waals surface area contributed by atoms with Crippen LogP contribution in [-0.2, 0) is 4.79 Å². The van der Waals surface area contributed by atoms with Crippen LogP contribution >= 0.6 is 0 Å². The van der Waals surface area contributed by atoms with E-state index in [1.165, 1.54) is 26.2 Å². The maximum Gasteiger partial charge on any atom is 0.172 e. The largest absolute Gasteiger partial charge is 0.504 e. The van der Waals surface area contributed by atoms with Crippen molar-refractivity contribution in [3.05, 3.63) is 71.6 Å². The summed E-state index contributed by atoms with van der Waals surface area (Å²) in [4.78, 5) is 12.2. The first-order valence-corrected chi connectivity index (χ1v) is 12.1. The van der Waals surface area contributed by atoms with Crippen LogP contribution in [0.15, 0.2) is 60.5 Å². The average Bonchev–Trinajstić information content (AvgIpc) is 2.99. The number of Topliss-reactive ketones (excluding diaryl/α,β-unsaturated/α-hetero) is 1. The summed E-state index contributed by atoms with van der Waals surface area (Å²) in [6, 6.07) is 7.31. The second-order valence-electron chi connectivity index (χ2n) is 10.2. The number of nitrogens with one attached hydrogen (secondary N) is 1. The molecule has 2 N–H and O–H groups in total. The number of rotatable bonds is 3. The number of carbonyl (C=O) groups excluding carboxylic acids is 1. The minimum Gasteiger partial charge on any atom is -0.504 e. The lowest BCUT2D eigenvalue weighted by Crippen LogP contribution is -2.32. The van der Waals surface area contributed by atoms with Crippen molar-refractivity contribution in [1.82, 2.24) is 0 Å². The topological polar surface area (TPSA) is 67.8 Å². The Balaban J connectivity index is 1.74. The molecule has 2 aromatic rings. The summed E-state index contributed by atoms with van der Waals surface area (Å²) in [5.74, 6) is 0.332. The molecular weight excluding hydrogens is 457 g/mol. The predicted octanol–water partition coefficient (Wildman–Crippen LogP) is 7.04. The molecule has 0 aromatic heterocycles. The Kier molecular flexibility index (Phi) is 5.78. The van der Waals surface area contributed by atoms with Gasteiger partial charge in [-0.05, 0) is 76.1 Å². The highest BCUT2D eigenvalue weighted by molar-refractivity contribution is 5.99. The molecule has 5 rings (SSSR count). The Bertz CT molecular complexity index is 1400. The van der Waals surface area contributed by atoms with Gasteiger partial charge in [-0.25, -0.2) is 4.39 Å². The fourth-order valence-electron chi connectivity index (χ4n) is 5.47. The van der Waals surface area contributed by atoms with Crippen molar-refractivity contribution in [2.75, 3.05) is 12.4 Å². The van der Waals surface area contributed by atoms with Crippen molar-refractivity contribution in [1.29, 1.82) is 0 Å². The molecule has 1 aliphatic carbocycles. The molecule has 0 amide bonds. The molecule has 6 heteroatoms. The standard InChI is InChI=1S/C30H30FNO4/c1-16-15-30(3,4)32-22-9-8-21-27(26(16)22)25(36-24-11-10-23(34)29(35-5)28(21)24)13-18-6-7-20(31)14-19(12-18)17(2)33/h6-11,13-15,18-19,32,34H,12H2,1-5H3/b25-13-. The lowest BCUT2D eigenvalue weighted by molar-refractivity contribution is -0.119. The van der Waals surface area contributed by atoms with Crippen molar-refractivity contribution in [3.8, 4) is 28.4 Å². The number of aromatic hydroxyl groups is 1. The molecule has 2 aromatic carbocycles. The van der Waals surface area contributed by atoms with Gasteiger partial charge in [-0.2, -0.15) is 0 Å². The number of halogens is 1. The lowest BCUT2D eigenvalue weighted by Gasteiger charge is -2.35. The molecule has 186 valence electrons. The van der Waals surface area contributed by atoms with Crippen LogP contribution in [0.25, 0.3) is 22.5 Å². The van der Waals surface area contributed by atoms with E-state index >= 15 is 0 Å². The maximum absolute atomic E-state index is 14.2. The molecule has 36 heavy (non-hydrogen) atoms. The second kappa shape index (κ2) is 8.70. The van der Waals surface area contributed by atoms with Crippen molar-refractivity contribution < 1.29 is 23.8 Å². The normalized spacial score (nSPS) is 22.7. The number of hydrogen-bond acceptors (Lipinski definition) is 5. The van der Waals surface area contributed by atoms with E-state index in [2.05, 4.69) is 32.2 Å². The quantitative estimate of drug-likeness (QED) is 0.486. The first-order chi connectivity index (χ1) is 17.1. The Morgan fingerprint density at radius 3 is 2.72 bits per heavy atom. The summed E-state index contributed by atoms with van der Waals surface area (Å²) in [6.45, 7) is 7.79. The summed E-state index contributed by atoms with van der Waals surface area (Å²) in [7, 11) is 1.52. The second-order valence-corrected chi connectivity index (χ2v) is 10.2. The van der Waals surface area contributed by atoms with Gasteiger partial charge in [0.1, 0.15) is 23.1 Å². The number of methoxy groups -OCH3 is 1. The molecule has 0 fully saturated rings. The molecule has 0 saturated heterocycles. The number of ether oxygens (including phenoxy) is 2. The van der Waals surface area contributed by atoms with Crippen molar-refractivity contribution in [2.45, 2.75) is 39.7 Å². The molecule has 0 radical (unpaired) electrons. The highest BCUT2D eigenvalue weighted by atomic mass is 19.1. The monoisotopic (exact) mass is 487 g/mol. The molecule has 0 spiro atoms. The zero-order valence-electron chi connectivity index (χ0n) is 21.1. The first-order valence-electron chi connectivity index (χ1n) is 12.1. The fraction of sp³-hybridized carbons (Fsp3) is 0.300. The zero-order valence-corrected chi connectivity index (χ0v) is 21.1. The Morgan fingerprint density at radius 1 is 1.22 bits per heavy atom. The smallest absolute Gasteiger partial charge is 0.172 e. The van der Waals surface area contributed by atoms with Crippen LogP contribution in [0, 0.1) is 11.8 Å². The van der Waals surface area contributed by atoms with E-state index in [9.17, 15) is 14.3 Å². The van der Waals surface area contributed by atoms with E-state index in [1.807, 2.05) is 18.2 Å². The van der Waals surface area contributed by atoms with Crippen LogP contribution in [-0.4, -0.2) is 23.5 Å². The van der Waals surface area contributed by atoms with E-state index in [4.69, 9.17) is 9.47 Å². The van der Waals surface area contributed by atoms with Gasteiger partial charge >= 0.3 is 0 Å². The fourth-order valence-corrected chi connectivity index (χ4v) is 5.47. The van der Waals surface area contributed by atoms with Crippen molar-refractivity contribution >= 4 is 22.8 Å².